The SMILES string of the molecule is CCNC(Cc1ccn(C)n1)C(C)(C)N1CCCCCC1. The summed E-state index contributed by atoms with van der Waals surface area (Å²) in [5.41, 5.74) is 1.35. The molecule has 0 aromatic carbocycles. The molecule has 1 N–H and O–H groups in total. The Morgan fingerprint density at radius 3 is 2.43 bits per heavy atom. The van der Waals surface area contributed by atoms with Gasteiger partial charge in [-0.15, -0.1) is 0 Å². The Hall–Kier alpha value is -0.870. The van der Waals surface area contributed by atoms with Crippen molar-refractivity contribution in [1.82, 2.24) is 20.0 Å². The molecule has 1 saturated heterocycles. The molecule has 0 spiro atoms. The van der Waals surface area contributed by atoms with Crippen LogP contribution in [-0.4, -0.2) is 45.9 Å². The van der Waals surface area contributed by atoms with E-state index in [1.165, 1.54) is 44.5 Å². The van der Waals surface area contributed by atoms with Gasteiger partial charge in [-0.1, -0.05) is 19.8 Å². The number of hydrogen-bond acceptors (Lipinski definition) is 3. The van der Waals surface area contributed by atoms with Crippen LogP contribution in [-0.2, 0) is 13.5 Å². The molecule has 4 nitrogen and oxygen atoms in total. The predicted molar refractivity (Wildman–Crippen MR) is 88.5 cm³/mol. The number of nitrogens with zero attached hydrogens (tertiary/aromatic N) is 3. The smallest absolute Gasteiger partial charge is 0.0640 e. The van der Waals surface area contributed by atoms with Gasteiger partial charge < -0.3 is 5.32 Å². The molecule has 4 heteroatoms. The van der Waals surface area contributed by atoms with Crippen LogP contribution in [0, 0.1) is 0 Å². The lowest BCUT2D eigenvalue weighted by molar-refractivity contribution is 0.0836. The van der Waals surface area contributed by atoms with Crippen LogP contribution in [0.3, 0.4) is 0 Å². The first-order valence-electron chi connectivity index (χ1n) is 8.51. The zero-order valence-corrected chi connectivity index (χ0v) is 14.2. The summed E-state index contributed by atoms with van der Waals surface area (Å²) < 4.78 is 1.90. The molecular formula is C17H32N4. The third kappa shape index (κ3) is 4.30. The molecule has 1 fully saturated rings. The number of nitrogens with one attached hydrogen (secondary N) is 1. The fraction of sp³-hybridized carbons (Fsp3) is 0.824. The quantitative estimate of drug-likeness (QED) is 0.875. The van der Waals surface area contributed by atoms with E-state index in [0.29, 0.717) is 6.04 Å². The van der Waals surface area contributed by atoms with E-state index in [0.717, 1.165) is 13.0 Å². The third-order valence-corrected chi connectivity index (χ3v) is 4.91. The number of aryl methyl sites for hydroxylation is 1. The maximum atomic E-state index is 4.57. The van der Waals surface area contributed by atoms with E-state index >= 15 is 0 Å². The van der Waals surface area contributed by atoms with Crippen molar-refractivity contribution in [2.24, 2.45) is 7.05 Å². The molecule has 0 amide bonds. The first-order chi connectivity index (χ1) is 10.0. The molecule has 1 atom stereocenters. The largest absolute Gasteiger partial charge is 0.312 e. The summed E-state index contributed by atoms with van der Waals surface area (Å²) in [5, 5.41) is 8.28. The van der Waals surface area contributed by atoms with Crippen molar-refractivity contribution in [1.29, 1.82) is 0 Å². The molecule has 1 aromatic heterocycles. The molecule has 1 unspecified atom stereocenters. The van der Waals surface area contributed by atoms with E-state index in [1.807, 2.05) is 17.9 Å². The molecular weight excluding hydrogens is 260 g/mol. The zero-order valence-electron chi connectivity index (χ0n) is 14.2. The topological polar surface area (TPSA) is 33.1 Å². The summed E-state index contributed by atoms with van der Waals surface area (Å²) in [7, 11) is 1.99. The van der Waals surface area contributed by atoms with Crippen LogP contribution in [0.4, 0.5) is 0 Å². The summed E-state index contributed by atoms with van der Waals surface area (Å²) in [6.45, 7) is 10.5. The molecule has 0 radical (unpaired) electrons. The standard InChI is InChI=1S/C17H32N4/c1-5-18-16(14-15-10-13-20(4)19-15)17(2,3)21-11-8-6-7-9-12-21/h10,13,16,18H,5-9,11-12,14H2,1-4H3. The van der Waals surface area contributed by atoms with E-state index in [-0.39, 0.29) is 5.54 Å². The van der Waals surface area contributed by atoms with Gasteiger partial charge in [0.2, 0.25) is 0 Å². The highest BCUT2D eigenvalue weighted by molar-refractivity contribution is 5.06. The van der Waals surface area contributed by atoms with Crippen molar-refractivity contribution < 1.29 is 0 Å². The van der Waals surface area contributed by atoms with Crippen LogP contribution < -0.4 is 5.32 Å². The van der Waals surface area contributed by atoms with Gasteiger partial charge in [-0.05, 0) is 52.4 Å². The van der Waals surface area contributed by atoms with Crippen LogP contribution in [0.2, 0.25) is 0 Å². The average molecular weight is 292 g/mol. The van der Waals surface area contributed by atoms with Gasteiger partial charge in [-0.3, -0.25) is 9.58 Å². The summed E-state index contributed by atoms with van der Waals surface area (Å²) in [4.78, 5) is 2.69. The number of likely N-dealkylation sites (tertiary alicyclic amines) is 1. The fourth-order valence-electron chi connectivity index (χ4n) is 3.47. The monoisotopic (exact) mass is 292 g/mol. The van der Waals surface area contributed by atoms with E-state index in [1.54, 1.807) is 0 Å². The van der Waals surface area contributed by atoms with Crippen LogP contribution >= 0.6 is 0 Å². The maximum absolute atomic E-state index is 4.57. The lowest BCUT2D eigenvalue weighted by Crippen LogP contribution is -2.59. The Balaban J connectivity index is 2.10. The number of rotatable bonds is 6. The van der Waals surface area contributed by atoms with Crippen LogP contribution in [0.15, 0.2) is 12.3 Å². The van der Waals surface area contributed by atoms with Crippen molar-refractivity contribution in [3.63, 3.8) is 0 Å². The normalized spacial score (nSPS) is 19.4. The first kappa shape index (κ1) is 16.5. The van der Waals surface area contributed by atoms with Gasteiger partial charge in [0, 0.05) is 31.2 Å². The second kappa shape index (κ2) is 7.41. The molecule has 1 aliphatic rings. The van der Waals surface area contributed by atoms with Gasteiger partial charge in [0.05, 0.1) is 5.69 Å². The highest BCUT2D eigenvalue weighted by Crippen LogP contribution is 2.25. The highest BCUT2D eigenvalue weighted by atomic mass is 15.3. The fourth-order valence-corrected chi connectivity index (χ4v) is 3.47. The molecule has 0 bridgehead atoms. The van der Waals surface area contributed by atoms with Crippen LogP contribution in [0.5, 0.6) is 0 Å². The second-order valence-electron chi connectivity index (χ2n) is 6.85. The molecule has 0 saturated carbocycles. The molecule has 2 rings (SSSR count). The Labute approximate surface area is 129 Å². The van der Waals surface area contributed by atoms with Crippen LogP contribution in [0.1, 0.15) is 52.1 Å². The van der Waals surface area contributed by atoms with Crippen molar-refractivity contribution >= 4 is 0 Å². The summed E-state index contributed by atoms with van der Waals surface area (Å²) in [6.07, 6.45) is 8.49. The Morgan fingerprint density at radius 1 is 1.24 bits per heavy atom. The number of likely N-dealkylation sites (N-methyl/N-ethyl adjacent to an activating group) is 1. The van der Waals surface area contributed by atoms with Gasteiger partial charge in [0.25, 0.3) is 0 Å². The number of hydrogen-bond donors (Lipinski definition) is 1. The van der Waals surface area contributed by atoms with Crippen LogP contribution in [0.25, 0.3) is 0 Å². The Morgan fingerprint density at radius 2 is 1.90 bits per heavy atom. The summed E-state index contributed by atoms with van der Waals surface area (Å²) in [6, 6.07) is 2.58. The molecule has 21 heavy (non-hydrogen) atoms. The second-order valence-corrected chi connectivity index (χ2v) is 6.85. The van der Waals surface area contributed by atoms with E-state index in [9.17, 15) is 0 Å². The first-order valence-corrected chi connectivity index (χ1v) is 8.51. The van der Waals surface area contributed by atoms with E-state index in [4.69, 9.17) is 0 Å². The maximum Gasteiger partial charge on any atom is 0.0640 e. The van der Waals surface area contributed by atoms with E-state index in [2.05, 4.69) is 42.2 Å². The predicted octanol–water partition coefficient (Wildman–Crippen LogP) is 2.60. The third-order valence-electron chi connectivity index (χ3n) is 4.91. The van der Waals surface area contributed by atoms with Crippen molar-refractivity contribution in [3.8, 4) is 0 Å². The molecule has 1 aromatic rings. The van der Waals surface area contributed by atoms with Crippen molar-refractivity contribution in [2.75, 3.05) is 19.6 Å². The van der Waals surface area contributed by atoms with Gasteiger partial charge in [-0.25, -0.2) is 0 Å². The molecule has 120 valence electrons. The van der Waals surface area contributed by atoms with Crippen molar-refractivity contribution in [3.05, 3.63) is 18.0 Å². The van der Waals surface area contributed by atoms with Gasteiger partial charge in [0.15, 0.2) is 0 Å². The van der Waals surface area contributed by atoms with Gasteiger partial charge in [-0.2, -0.15) is 5.10 Å². The van der Waals surface area contributed by atoms with Gasteiger partial charge in [0.1, 0.15) is 0 Å². The average Bonchev–Trinajstić information content (AvgIpc) is 2.68. The summed E-state index contributed by atoms with van der Waals surface area (Å²) >= 11 is 0. The molecule has 1 aliphatic heterocycles. The minimum absolute atomic E-state index is 0.165. The minimum Gasteiger partial charge on any atom is -0.312 e. The van der Waals surface area contributed by atoms with Crippen molar-refractivity contribution in [2.45, 2.75) is 64.5 Å². The highest BCUT2D eigenvalue weighted by Gasteiger charge is 2.35. The molecule has 2 heterocycles. The lowest BCUT2D eigenvalue weighted by Gasteiger charge is -2.44. The molecule has 0 aliphatic carbocycles. The Kier molecular flexibility index (Phi) is 5.82. The Bertz CT molecular complexity index is 416. The van der Waals surface area contributed by atoms with E-state index < -0.39 is 0 Å². The minimum atomic E-state index is 0.165. The lowest BCUT2D eigenvalue weighted by atomic mass is 9.88. The van der Waals surface area contributed by atoms with Gasteiger partial charge >= 0.3 is 0 Å². The number of aromatic nitrogens is 2. The summed E-state index contributed by atoms with van der Waals surface area (Å²) in [5.74, 6) is 0. The zero-order chi connectivity index (χ0) is 15.3.